The third kappa shape index (κ3) is 6.95. The topological polar surface area (TPSA) is 90.2 Å². The lowest BCUT2D eigenvalue weighted by molar-refractivity contribution is 0.0759. The van der Waals surface area contributed by atoms with Crippen LogP contribution in [-0.4, -0.2) is 68.8 Å². The number of ether oxygens (including phenoxy) is 3. The molecule has 1 saturated heterocycles. The summed E-state index contributed by atoms with van der Waals surface area (Å²) in [5, 5.41) is 0.631. The number of carbonyl (C=O) groups is 1. The number of thioether (sulfide) groups is 1. The van der Waals surface area contributed by atoms with Gasteiger partial charge in [0.15, 0.2) is 22.4 Å². The summed E-state index contributed by atoms with van der Waals surface area (Å²) in [6.07, 6.45) is 2.91. The highest BCUT2D eigenvalue weighted by atomic mass is 32.2. The molecule has 4 rings (SSSR count). The summed E-state index contributed by atoms with van der Waals surface area (Å²) in [6.45, 7) is 2.74. The van der Waals surface area contributed by atoms with Crippen molar-refractivity contribution in [3.63, 3.8) is 0 Å². The van der Waals surface area contributed by atoms with Crippen LogP contribution in [0.4, 0.5) is 5.82 Å². The monoisotopic (exact) mass is 526 g/mol. The van der Waals surface area contributed by atoms with Crippen molar-refractivity contribution >= 4 is 23.5 Å². The van der Waals surface area contributed by atoms with Gasteiger partial charge in [-0.1, -0.05) is 17.8 Å². The summed E-state index contributed by atoms with van der Waals surface area (Å²) in [4.78, 5) is 25.9. The molecule has 198 valence electrons. The fourth-order valence-corrected chi connectivity index (χ4v) is 4.94. The van der Waals surface area contributed by atoms with Crippen molar-refractivity contribution in [3.05, 3.63) is 59.2 Å². The van der Waals surface area contributed by atoms with Crippen LogP contribution < -0.4 is 14.4 Å². The van der Waals surface area contributed by atoms with Gasteiger partial charge in [0.1, 0.15) is 11.6 Å². The quantitative estimate of drug-likeness (QED) is 0.251. The second-order valence-electron chi connectivity index (χ2n) is 8.85. The van der Waals surface area contributed by atoms with Crippen molar-refractivity contribution in [2.45, 2.75) is 36.8 Å². The Labute approximate surface area is 222 Å². The molecule has 0 saturated carbocycles. The molecule has 3 aromatic rings. The normalized spacial score (nSPS) is 13.1. The van der Waals surface area contributed by atoms with Crippen LogP contribution in [0, 0.1) is 0 Å². The van der Waals surface area contributed by atoms with Gasteiger partial charge in [-0.3, -0.25) is 4.79 Å². The van der Waals surface area contributed by atoms with Gasteiger partial charge >= 0.3 is 0 Å². The third-order valence-electron chi connectivity index (χ3n) is 6.22. The zero-order valence-corrected chi connectivity index (χ0v) is 22.7. The second kappa shape index (κ2) is 12.8. The first kappa shape index (κ1) is 26.8. The molecule has 3 heterocycles. The van der Waals surface area contributed by atoms with E-state index in [4.69, 9.17) is 23.6 Å². The zero-order chi connectivity index (χ0) is 26.2. The van der Waals surface area contributed by atoms with Crippen molar-refractivity contribution in [1.29, 1.82) is 0 Å². The van der Waals surface area contributed by atoms with Crippen molar-refractivity contribution in [1.82, 2.24) is 14.9 Å². The Balaban J connectivity index is 1.40. The minimum absolute atomic E-state index is 0.0366. The van der Waals surface area contributed by atoms with E-state index in [0.717, 1.165) is 61.7 Å². The number of likely N-dealkylation sites (N-methyl/N-ethyl adjacent to an activating group) is 1. The molecule has 0 atom stereocenters. The van der Waals surface area contributed by atoms with Gasteiger partial charge < -0.3 is 28.4 Å². The molecular weight excluding hydrogens is 492 g/mol. The summed E-state index contributed by atoms with van der Waals surface area (Å²) < 4.78 is 21.9. The molecular formula is C27H34N4O5S. The van der Waals surface area contributed by atoms with Crippen LogP contribution in [0.2, 0.25) is 0 Å². The minimum Gasteiger partial charge on any atom is -0.493 e. The number of nitrogens with zero attached hydrogens (tertiary/aromatic N) is 4. The fraction of sp³-hybridized carbons (Fsp3) is 0.444. The number of furan rings is 1. The molecule has 0 spiro atoms. The van der Waals surface area contributed by atoms with Crippen molar-refractivity contribution in [3.8, 4) is 11.5 Å². The van der Waals surface area contributed by atoms with Gasteiger partial charge in [-0.2, -0.15) is 0 Å². The smallest absolute Gasteiger partial charge is 0.289 e. The molecule has 10 heteroatoms. The van der Waals surface area contributed by atoms with Gasteiger partial charge in [-0.15, -0.1) is 0 Å². The molecule has 0 unspecified atom stereocenters. The Kier molecular flexibility index (Phi) is 9.29. The Morgan fingerprint density at radius 1 is 1.05 bits per heavy atom. The highest BCUT2D eigenvalue weighted by Gasteiger charge is 2.22. The van der Waals surface area contributed by atoms with Crippen molar-refractivity contribution in [2.75, 3.05) is 52.9 Å². The highest BCUT2D eigenvalue weighted by molar-refractivity contribution is 7.98. The molecule has 1 aliphatic rings. The summed E-state index contributed by atoms with van der Waals surface area (Å²) >= 11 is 1.47. The van der Waals surface area contributed by atoms with E-state index in [0.29, 0.717) is 34.8 Å². The Bertz CT molecular complexity index is 1200. The number of benzene rings is 1. The molecule has 1 amide bonds. The van der Waals surface area contributed by atoms with Gasteiger partial charge in [0.2, 0.25) is 0 Å². The molecule has 1 aliphatic heterocycles. The Hall–Kier alpha value is -3.24. The average Bonchev–Trinajstić information content (AvgIpc) is 3.63. The van der Waals surface area contributed by atoms with Gasteiger partial charge in [0, 0.05) is 39.9 Å². The maximum atomic E-state index is 12.6. The van der Waals surface area contributed by atoms with Crippen LogP contribution in [0.1, 0.15) is 40.4 Å². The number of rotatable bonds is 12. The van der Waals surface area contributed by atoms with Crippen LogP contribution in [-0.2, 0) is 23.5 Å². The van der Waals surface area contributed by atoms with Gasteiger partial charge in [0.05, 0.1) is 32.3 Å². The van der Waals surface area contributed by atoms with Gasteiger partial charge in [-0.25, -0.2) is 9.97 Å². The molecule has 1 aromatic carbocycles. The van der Waals surface area contributed by atoms with Crippen LogP contribution in [0.5, 0.6) is 11.5 Å². The summed E-state index contributed by atoms with van der Waals surface area (Å²) in [5.74, 6) is 3.84. The maximum absolute atomic E-state index is 12.6. The van der Waals surface area contributed by atoms with Gasteiger partial charge in [-0.05, 0) is 49.1 Å². The first-order valence-corrected chi connectivity index (χ1v) is 13.3. The summed E-state index contributed by atoms with van der Waals surface area (Å²) in [7, 11) is 6.93. The second-order valence-corrected chi connectivity index (χ2v) is 9.79. The third-order valence-corrected chi connectivity index (χ3v) is 7.09. The number of amides is 1. The summed E-state index contributed by atoms with van der Waals surface area (Å²) in [5.41, 5.74) is 1.94. The highest BCUT2D eigenvalue weighted by Crippen LogP contribution is 2.28. The lowest BCUT2D eigenvalue weighted by Crippen LogP contribution is -2.27. The van der Waals surface area contributed by atoms with E-state index in [1.54, 1.807) is 27.4 Å². The number of methoxy groups -OCH3 is 3. The lowest BCUT2D eigenvalue weighted by atomic mass is 10.1. The average molecular weight is 527 g/mol. The van der Waals surface area contributed by atoms with Gasteiger partial charge in [0.25, 0.3) is 5.91 Å². The number of hydrogen-bond acceptors (Lipinski definition) is 9. The van der Waals surface area contributed by atoms with E-state index in [1.807, 2.05) is 42.3 Å². The molecule has 0 radical (unpaired) electrons. The number of anilines is 1. The molecule has 0 N–H and O–H groups in total. The molecule has 1 fully saturated rings. The molecule has 9 nitrogen and oxygen atoms in total. The molecule has 2 aromatic heterocycles. The Morgan fingerprint density at radius 3 is 2.57 bits per heavy atom. The van der Waals surface area contributed by atoms with E-state index >= 15 is 0 Å². The van der Waals surface area contributed by atoms with E-state index in [-0.39, 0.29) is 5.91 Å². The molecule has 0 aliphatic carbocycles. The number of hydrogen-bond donors (Lipinski definition) is 0. The van der Waals surface area contributed by atoms with E-state index in [1.165, 1.54) is 11.8 Å². The lowest BCUT2D eigenvalue weighted by Gasteiger charge is -2.20. The number of carbonyl (C=O) groups excluding carboxylic acids is 1. The number of likely N-dealkylation sites (tertiary alicyclic amines) is 1. The fourth-order valence-electron chi connectivity index (χ4n) is 4.17. The van der Waals surface area contributed by atoms with Crippen LogP contribution in [0.15, 0.2) is 46.0 Å². The van der Waals surface area contributed by atoms with E-state index in [2.05, 4.69) is 9.88 Å². The van der Waals surface area contributed by atoms with E-state index < -0.39 is 0 Å². The predicted molar refractivity (Wildman–Crippen MR) is 143 cm³/mol. The first-order chi connectivity index (χ1) is 18.0. The van der Waals surface area contributed by atoms with Crippen LogP contribution >= 0.6 is 11.8 Å². The molecule has 37 heavy (non-hydrogen) atoms. The maximum Gasteiger partial charge on any atom is 0.289 e. The predicted octanol–water partition coefficient (Wildman–Crippen LogP) is 4.44. The number of aromatic nitrogens is 2. The van der Waals surface area contributed by atoms with Crippen molar-refractivity contribution in [2.24, 2.45) is 0 Å². The van der Waals surface area contributed by atoms with Crippen molar-refractivity contribution < 1.29 is 23.4 Å². The standard InChI is InChI=1S/C27H34N4O5S/c1-30(14-11-19-7-9-22(34-3)24(15-19)35-4)25-16-20(17-33-2)28-27(29-25)37-18-21-8-10-23(36-21)26(32)31-12-5-6-13-31/h7-10,15-16H,5-6,11-14,17-18H2,1-4H3. The van der Waals surface area contributed by atoms with Crippen LogP contribution in [0.3, 0.4) is 0 Å². The zero-order valence-electron chi connectivity index (χ0n) is 21.9. The largest absolute Gasteiger partial charge is 0.493 e. The first-order valence-electron chi connectivity index (χ1n) is 12.3. The summed E-state index contributed by atoms with van der Waals surface area (Å²) in [6, 6.07) is 11.5. The SMILES string of the molecule is COCc1cc(N(C)CCc2ccc(OC)c(OC)c2)nc(SCc2ccc(C(=O)N3CCCC3)o2)n1. The Morgan fingerprint density at radius 2 is 1.84 bits per heavy atom. The minimum atomic E-state index is -0.0366. The molecule has 0 bridgehead atoms. The van der Waals surface area contributed by atoms with Crippen LogP contribution in [0.25, 0.3) is 0 Å². The van der Waals surface area contributed by atoms with E-state index in [9.17, 15) is 4.79 Å².